The number of rotatable bonds is 9. The van der Waals surface area contributed by atoms with Crippen LogP contribution in [0.3, 0.4) is 0 Å². The summed E-state index contributed by atoms with van der Waals surface area (Å²) in [5, 5.41) is 12.0. The molecule has 0 spiro atoms. The molecular weight excluding hydrogens is 295 g/mol. The average molecular weight is 324 g/mol. The second-order valence-electron chi connectivity index (χ2n) is 4.13. The maximum Gasteiger partial charge on any atom is 1.00 e. The van der Waals surface area contributed by atoms with Crippen LogP contribution in [-0.4, -0.2) is 28.0 Å². The molecule has 0 aromatic carbocycles. The van der Waals surface area contributed by atoms with E-state index in [2.05, 4.69) is 13.8 Å². The Kier molecular flexibility index (Phi) is 35.8. The fourth-order valence-electron chi connectivity index (χ4n) is 1.49. The average Bonchev–Trinajstić information content (AvgIpc) is 2.33. The quantitative estimate of drug-likeness (QED) is 0.126. The molecule has 0 aliphatic heterocycles. The smallest absolute Gasteiger partial charge is 0.343 e. The summed E-state index contributed by atoms with van der Waals surface area (Å²) >= 11 is 0. The molecule has 0 bridgehead atoms. The van der Waals surface area contributed by atoms with E-state index < -0.39 is 10.4 Å². The van der Waals surface area contributed by atoms with Gasteiger partial charge in [-0.15, -0.1) is 0 Å². The molecule has 0 saturated carbocycles. The molecule has 0 fully saturated rings. The minimum Gasteiger partial charge on any atom is -0.343 e. The minimum atomic E-state index is -4.67. The van der Waals surface area contributed by atoms with Crippen molar-refractivity contribution in [2.75, 3.05) is 0 Å². The zero-order valence-electron chi connectivity index (χ0n) is 12.8. The Hall–Kier alpha value is 0.790. The fourth-order valence-corrected chi connectivity index (χ4v) is 1.49. The van der Waals surface area contributed by atoms with Crippen molar-refractivity contribution in [3.05, 3.63) is 6.92 Å². The number of unbranched alkanes of at least 4 members (excludes halogenated alkanes) is 9. The van der Waals surface area contributed by atoms with E-state index in [1.54, 1.807) is 0 Å². The Bertz CT molecular complexity index is 216. The van der Waals surface area contributed by atoms with Crippen molar-refractivity contribution in [1.82, 2.24) is 0 Å². The molecule has 8 heteroatoms. The van der Waals surface area contributed by atoms with Gasteiger partial charge in [0, 0.05) is 0 Å². The molecule has 0 aromatic rings. The van der Waals surface area contributed by atoms with Crippen LogP contribution in [0.15, 0.2) is 0 Å². The molecular formula is C12H29NaO6S. The third kappa shape index (κ3) is 62.0. The van der Waals surface area contributed by atoms with Crippen molar-refractivity contribution in [1.29, 1.82) is 0 Å². The van der Waals surface area contributed by atoms with Crippen molar-refractivity contribution in [3.8, 4) is 0 Å². The van der Waals surface area contributed by atoms with E-state index in [1.807, 2.05) is 0 Å². The van der Waals surface area contributed by atoms with Crippen molar-refractivity contribution in [2.45, 2.75) is 71.1 Å². The van der Waals surface area contributed by atoms with Crippen molar-refractivity contribution in [2.24, 2.45) is 0 Å². The summed E-state index contributed by atoms with van der Waals surface area (Å²) < 4.78 is 31.6. The van der Waals surface area contributed by atoms with E-state index in [-0.39, 0.29) is 29.6 Å². The predicted octanol–water partition coefficient (Wildman–Crippen LogP) is 1.11. The van der Waals surface area contributed by atoms with Gasteiger partial charge < -0.3 is 6.92 Å². The summed E-state index contributed by atoms with van der Waals surface area (Å²) in [4.78, 5) is 0. The van der Waals surface area contributed by atoms with Crippen LogP contribution in [0.5, 0.6) is 0 Å². The Morgan fingerprint density at radius 2 is 1.05 bits per heavy atom. The molecule has 4 N–H and O–H groups in total. The van der Waals surface area contributed by atoms with Gasteiger partial charge in [0.25, 0.3) is 0 Å². The molecule has 0 radical (unpaired) electrons. The van der Waals surface area contributed by atoms with E-state index in [0.29, 0.717) is 0 Å². The zero-order chi connectivity index (χ0) is 15.6. The third-order valence-electron chi connectivity index (χ3n) is 2.35. The molecule has 0 aliphatic rings. The standard InChI is InChI=1S/C12H25.Na.H2O4S.H2O2/c1-3-5-7-9-11-12-10-8-6-4-2;;1-5(2,3)4;1-2/h1,3-12H2,2H3;;(H2,1,2,3,4);1-2H/q-1;+1;;. The molecule has 6 nitrogen and oxygen atoms in total. The molecule has 0 atom stereocenters. The van der Waals surface area contributed by atoms with Crippen molar-refractivity contribution < 1.29 is 57.6 Å². The van der Waals surface area contributed by atoms with Crippen LogP contribution >= 0.6 is 0 Å². The maximum atomic E-state index is 8.74. The molecule has 0 amide bonds. The summed E-state index contributed by atoms with van der Waals surface area (Å²) in [5.41, 5.74) is 0. The van der Waals surface area contributed by atoms with Gasteiger partial charge in [0.15, 0.2) is 0 Å². The molecule has 0 rings (SSSR count). The van der Waals surface area contributed by atoms with Crippen LogP contribution in [0, 0.1) is 6.92 Å². The van der Waals surface area contributed by atoms with Gasteiger partial charge in [-0.3, -0.25) is 19.6 Å². The first-order valence-corrected chi connectivity index (χ1v) is 8.00. The molecule has 0 unspecified atom stereocenters. The van der Waals surface area contributed by atoms with Gasteiger partial charge in [0.05, 0.1) is 0 Å². The van der Waals surface area contributed by atoms with Crippen LogP contribution in [0.4, 0.5) is 0 Å². The SMILES string of the molecule is O=S(=O)(O)O.OO.[CH2-]CCCCCCCCCCC.[Na+]. The van der Waals surface area contributed by atoms with E-state index in [1.165, 1.54) is 57.8 Å². The third-order valence-corrected chi connectivity index (χ3v) is 2.35. The zero-order valence-corrected chi connectivity index (χ0v) is 15.6. The normalized spacial score (nSPS) is 9.50. The summed E-state index contributed by atoms with van der Waals surface area (Å²) in [6, 6.07) is 0. The van der Waals surface area contributed by atoms with E-state index in [4.69, 9.17) is 28.0 Å². The largest absolute Gasteiger partial charge is 1.00 e. The Balaban J connectivity index is -0.000000136. The van der Waals surface area contributed by atoms with Crippen LogP contribution in [0.2, 0.25) is 0 Å². The van der Waals surface area contributed by atoms with Gasteiger partial charge in [-0.05, 0) is 0 Å². The van der Waals surface area contributed by atoms with E-state index in [9.17, 15) is 0 Å². The fraction of sp³-hybridized carbons (Fsp3) is 0.917. The van der Waals surface area contributed by atoms with Crippen LogP contribution in [0.1, 0.15) is 71.1 Å². The maximum absolute atomic E-state index is 8.74. The van der Waals surface area contributed by atoms with Gasteiger partial charge >= 0.3 is 40.0 Å². The van der Waals surface area contributed by atoms with Gasteiger partial charge in [0.1, 0.15) is 0 Å². The summed E-state index contributed by atoms with van der Waals surface area (Å²) in [5.74, 6) is 0. The molecule has 0 saturated heterocycles. The number of hydrogen-bond acceptors (Lipinski definition) is 4. The molecule has 20 heavy (non-hydrogen) atoms. The Morgan fingerprint density at radius 1 is 0.800 bits per heavy atom. The van der Waals surface area contributed by atoms with Crippen molar-refractivity contribution in [3.63, 3.8) is 0 Å². The summed E-state index contributed by atoms with van der Waals surface area (Å²) in [7, 11) is -4.67. The topological polar surface area (TPSA) is 115 Å². The second kappa shape index (κ2) is 24.8. The van der Waals surface area contributed by atoms with Gasteiger partial charge in [-0.25, -0.2) is 0 Å². The van der Waals surface area contributed by atoms with Gasteiger partial charge in [0.2, 0.25) is 0 Å². The summed E-state index contributed by atoms with van der Waals surface area (Å²) in [6.07, 6.45) is 13.9. The first-order valence-electron chi connectivity index (χ1n) is 6.61. The van der Waals surface area contributed by atoms with Crippen molar-refractivity contribution >= 4 is 10.4 Å². The molecule has 0 aliphatic carbocycles. The Morgan fingerprint density at radius 3 is 1.30 bits per heavy atom. The Labute approximate surface area is 145 Å². The number of hydrogen-bond donors (Lipinski definition) is 4. The molecule has 0 heterocycles. The van der Waals surface area contributed by atoms with Crippen LogP contribution < -0.4 is 29.6 Å². The molecule has 120 valence electrons. The van der Waals surface area contributed by atoms with E-state index >= 15 is 0 Å². The first kappa shape index (κ1) is 28.9. The van der Waals surface area contributed by atoms with E-state index in [0.717, 1.165) is 6.42 Å². The summed E-state index contributed by atoms with van der Waals surface area (Å²) in [6.45, 7) is 6.12. The van der Waals surface area contributed by atoms with Gasteiger partial charge in [-0.2, -0.15) is 14.8 Å². The molecule has 0 aromatic heterocycles. The second-order valence-corrected chi connectivity index (χ2v) is 5.03. The van der Waals surface area contributed by atoms with Crippen LogP contribution in [0.25, 0.3) is 0 Å². The van der Waals surface area contributed by atoms with Crippen LogP contribution in [-0.2, 0) is 10.4 Å². The monoisotopic (exact) mass is 324 g/mol. The minimum absolute atomic E-state index is 0. The first-order chi connectivity index (χ1) is 8.91. The predicted molar refractivity (Wildman–Crippen MR) is 76.6 cm³/mol. The van der Waals surface area contributed by atoms with Gasteiger partial charge in [-0.1, -0.05) is 64.7 Å².